The topological polar surface area (TPSA) is 28.4 Å². The quantitative estimate of drug-likeness (QED) is 0.885. The highest BCUT2D eigenvalue weighted by atomic mass is 16.3. The van der Waals surface area contributed by atoms with E-state index in [1.54, 1.807) is 0 Å². The van der Waals surface area contributed by atoms with Gasteiger partial charge in [0.15, 0.2) is 0 Å². The summed E-state index contributed by atoms with van der Waals surface area (Å²) in [5.74, 6) is 5.68. The third-order valence-electron chi connectivity index (χ3n) is 5.00. The van der Waals surface area contributed by atoms with E-state index in [0.717, 1.165) is 30.1 Å². The molecule has 3 aliphatic rings. The van der Waals surface area contributed by atoms with Crippen LogP contribution in [0.5, 0.6) is 0 Å². The Morgan fingerprint density at radius 3 is 2.67 bits per heavy atom. The molecule has 3 heterocycles. The number of hydrogen-bond donors (Lipinski definition) is 1. The molecule has 1 aromatic heterocycles. The largest absolute Gasteiger partial charge is 0.464 e. The number of nitrogens with one attached hydrogen (secondary N) is 1. The highest BCUT2D eigenvalue weighted by molar-refractivity contribution is 5.17. The molecule has 2 saturated heterocycles. The Kier molecular flexibility index (Phi) is 2.52. The number of nitrogens with zero attached hydrogens (tertiary/aromatic N) is 1. The molecular weight excluding hydrogens is 224 g/mol. The Balaban J connectivity index is 1.38. The molecule has 98 valence electrons. The van der Waals surface area contributed by atoms with Crippen molar-refractivity contribution in [1.82, 2.24) is 10.2 Å². The molecule has 1 aliphatic carbocycles. The maximum Gasteiger partial charge on any atom is 0.118 e. The zero-order valence-corrected chi connectivity index (χ0v) is 11.1. The van der Waals surface area contributed by atoms with Crippen LogP contribution in [0, 0.1) is 17.8 Å². The second kappa shape index (κ2) is 4.10. The molecule has 0 spiro atoms. The molecule has 0 radical (unpaired) electrons. The molecule has 4 unspecified atom stereocenters. The summed E-state index contributed by atoms with van der Waals surface area (Å²) in [7, 11) is 0. The van der Waals surface area contributed by atoms with Crippen molar-refractivity contribution in [2.24, 2.45) is 17.8 Å². The van der Waals surface area contributed by atoms with Crippen LogP contribution in [0.25, 0.3) is 0 Å². The summed E-state index contributed by atoms with van der Waals surface area (Å²) in [6.45, 7) is 8.23. The van der Waals surface area contributed by atoms with E-state index < -0.39 is 0 Å². The molecule has 18 heavy (non-hydrogen) atoms. The number of fused-ring (bicyclic) bond motifs is 1. The number of furan rings is 1. The van der Waals surface area contributed by atoms with Gasteiger partial charge in [0, 0.05) is 19.0 Å². The third kappa shape index (κ3) is 1.90. The van der Waals surface area contributed by atoms with Crippen LogP contribution >= 0.6 is 0 Å². The lowest BCUT2D eigenvalue weighted by atomic mass is 10.0. The van der Waals surface area contributed by atoms with E-state index in [-0.39, 0.29) is 0 Å². The first-order valence-electron chi connectivity index (χ1n) is 7.31. The van der Waals surface area contributed by atoms with Crippen molar-refractivity contribution >= 4 is 0 Å². The van der Waals surface area contributed by atoms with Gasteiger partial charge in [-0.05, 0) is 49.4 Å². The van der Waals surface area contributed by atoms with Gasteiger partial charge in [-0.25, -0.2) is 0 Å². The van der Waals surface area contributed by atoms with Crippen LogP contribution in [0.4, 0.5) is 0 Å². The Hall–Kier alpha value is -0.800. The van der Waals surface area contributed by atoms with Gasteiger partial charge >= 0.3 is 0 Å². The van der Waals surface area contributed by atoms with E-state index >= 15 is 0 Å². The lowest BCUT2D eigenvalue weighted by molar-refractivity contribution is 0.274. The molecular formula is C15H22N2O. The normalized spacial score (nSPS) is 39.2. The predicted octanol–water partition coefficient (Wildman–Crippen LogP) is 2.05. The molecule has 2 aliphatic heterocycles. The second-order valence-electron chi connectivity index (χ2n) is 6.50. The van der Waals surface area contributed by atoms with E-state index in [4.69, 9.17) is 4.42 Å². The Bertz CT molecular complexity index is 429. The summed E-state index contributed by atoms with van der Waals surface area (Å²) in [4.78, 5) is 2.56. The molecule has 3 nitrogen and oxygen atoms in total. The lowest BCUT2D eigenvalue weighted by Gasteiger charge is -2.14. The first-order valence-corrected chi connectivity index (χ1v) is 7.31. The van der Waals surface area contributed by atoms with E-state index in [2.05, 4.69) is 29.3 Å². The number of rotatable bonds is 3. The smallest absolute Gasteiger partial charge is 0.118 e. The molecule has 3 heteroatoms. The average molecular weight is 246 g/mol. The van der Waals surface area contributed by atoms with Crippen molar-refractivity contribution in [3.8, 4) is 0 Å². The Morgan fingerprint density at radius 2 is 2.00 bits per heavy atom. The molecule has 1 aromatic rings. The van der Waals surface area contributed by atoms with Crippen LogP contribution in [0.2, 0.25) is 0 Å². The van der Waals surface area contributed by atoms with Gasteiger partial charge in [-0.1, -0.05) is 6.92 Å². The van der Waals surface area contributed by atoms with Crippen LogP contribution in [0.15, 0.2) is 16.5 Å². The van der Waals surface area contributed by atoms with E-state index in [1.165, 1.54) is 38.4 Å². The van der Waals surface area contributed by atoms with Gasteiger partial charge in [-0.15, -0.1) is 0 Å². The SMILES string of the molecule is CC1CC1c1ccc(CN2CC3CNCC3C2)o1. The average Bonchev–Trinajstić information content (AvgIpc) is 2.77. The molecule has 0 aromatic carbocycles. The van der Waals surface area contributed by atoms with Gasteiger partial charge in [0.1, 0.15) is 11.5 Å². The van der Waals surface area contributed by atoms with Crippen LogP contribution < -0.4 is 5.32 Å². The fraction of sp³-hybridized carbons (Fsp3) is 0.733. The second-order valence-corrected chi connectivity index (χ2v) is 6.50. The maximum absolute atomic E-state index is 6.00. The van der Waals surface area contributed by atoms with E-state index in [9.17, 15) is 0 Å². The van der Waals surface area contributed by atoms with Crippen molar-refractivity contribution in [1.29, 1.82) is 0 Å². The molecule has 0 amide bonds. The summed E-state index contributed by atoms with van der Waals surface area (Å²) in [5, 5.41) is 3.49. The summed E-state index contributed by atoms with van der Waals surface area (Å²) in [6, 6.07) is 4.38. The van der Waals surface area contributed by atoms with E-state index in [1.807, 2.05) is 0 Å². The summed E-state index contributed by atoms with van der Waals surface area (Å²) in [5.41, 5.74) is 0. The molecule has 1 saturated carbocycles. The van der Waals surface area contributed by atoms with Crippen molar-refractivity contribution < 1.29 is 4.42 Å². The summed E-state index contributed by atoms with van der Waals surface area (Å²) >= 11 is 0. The van der Waals surface area contributed by atoms with Gasteiger partial charge in [0.2, 0.25) is 0 Å². The van der Waals surface area contributed by atoms with Gasteiger partial charge < -0.3 is 9.73 Å². The third-order valence-corrected chi connectivity index (χ3v) is 5.00. The minimum Gasteiger partial charge on any atom is -0.464 e. The molecule has 0 bridgehead atoms. The Labute approximate surface area is 109 Å². The minimum atomic E-state index is 0.709. The first-order chi connectivity index (χ1) is 8.79. The zero-order chi connectivity index (χ0) is 12.1. The van der Waals surface area contributed by atoms with Crippen molar-refractivity contribution in [3.63, 3.8) is 0 Å². The zero-order valence-electron chi connectivity index (χ0n) is 11.1. The van der Waals surface area contributed by atoms with Crippen molar-refractivity contribution in [2.45, 2.75) is 25.8 Å². The highest BCUT2D eigenvalue weighted by Gasteiger charge is 2.38. The predicted molar refractivity (Wildman–Crippen MR) is 70.4 cm³/mol. The minimum absolute atomic E-state index is 0.709. The highest BCUT2D eigenvalue weighted by Crippen LogP contribution is 2.47. The summed E-state index contributed by atoms with van der Waals surface area (Å²) in [6.07, 6.45) is 1.31. The van der Waals surface area contributed by atoms with Crippen LogP contribution in [-0.2, 0) is 6.54 Å². The fourth-order valence-electron chi connectivity index (χ4n) is 3.70. The fourth-order valence-corrected chi connectivity index (χ4v) is 3.70. The van der Waals surface area contributed by atoms with Crippen LogP contribution in [0.3, 0.4) is 0 Å². The monoisotopic (exact) mass is 246 g/mol. The van der Waals surface area contributed by atoms with Crippen molar-refractivity contribution in [3.05, 3.63) is 23.7 Å². The van der Waals surface area contributed by atoms with Gasteiger partial charge in [-0.2, -0.15) is 0 Å². The maximum atomic E-state index is 6.00. The van der Waals surface area contributed by atoms with Gasteiger partial charge in [0.25, 0.3) is 0 Å². The molecule has 4 rings (SSSR count). The van der Waals surface area contributed by atoms with Crippen LogP contribution in [-0.4, -0.2) is 31.1 Å². The number of likely N-dealkylation sites (tertiary alicyclic amines) is 1. The van der Waals surface area contributed by atoms with Gasteiger partial charge in [-0.3, -0.25) is 4.90 Å². The summed E-state index contributed by atoms with van der Waals surface area (Å²) < 4.78 is 6.00. The number of hydrogen-bond acceptors (Lipinski definition) is 3. The Morgan fingerprint density at radius 1 is 1.28 bits per heavy atom. The van der Waals surface area contributed by atoms with E-state index in [0.29, 0.717) is 5.92 Å². The lowest BCUT2D eigenvalue weighted by Crippen LogP contribution is -2.25. The molecule has 4 atom stereocenters. The molecule has 1 N–H and O–H groups in total. The first kappa shape index (κ1) is 11.1. The van der Waals surface area contributed by atoms with Crippen molar-refractivity contribution in [2.75, 3.05) is 26.2 Å². The van der Waals surface area contributed by atoms with Crippen LogP contribution in [0.1, 0.15) is 30.8 Å². The molecule has 3 fully saturated rings. The van der Waals surface area contributed by atoms with Gasteiger partial charge in [0.05, 0.1) is 6.54 Å². The standard InChI is InChI=1S/C15H22N2O/c1-10-4-14(10)15-3-2-13(18-15)9-17-7-11-5-16-6-12(11)8-17/h2-3,10-12,14,16H,4-9H2,1H3.